The Morgan fingerprint density at radius 1 is 1.21 bits per heavy atom. The number of aromatic nitrogens is 2. The van der Waals surface area contributed by atoms with Crippen LogP contribution < -0.4 is 20.5 Å². The molecule has 0 saturated carbocycles. The lowest BCUT2D eigenvalue weighted by Gasteiger charge is -2.11. The van der Waals surface area contributed by atoms with Gasteiger partial charge in [-0.25, -0.2) is 0 Å². The smallest absolute Gasteiger partial charge is 0.233 e. The van der Waals surface area contributed by atoms with Crippen LogP contribution in [-0.2, 0) is 6.54 Å². The third-order valence-electron chi connectivity index (χ3n) is 2.59. The van der Waals surface area contributed by atoms with E-state index in [1.54, 1.807) is 32.7 Å². The zero-order valence-corrected chi connectivity index (χ0v) is 10.9. The second kappa shape index (κ2) is 5.90. The van der Waals surface area contributed by atoms with Crippen molar-refractivity contribution in [3.8, 4) is 11.6 Å². The van der Waals surface area contributed by atoms with Crippen LogP contribution >= 0.6 is 0 Å². The van der Waals surface area contributed by atoms with Gasteiger partial charge in [0.15, 0.2) is 0 Å². The van der Waals surface area contributed by atoms with E-state index < -0.39 is 0 Å². The molecule has 0 saturated heterocycles. The lowest BCUT2D eigenvalue weighted by atomic mass is 10.2. The summed E-state index contributed by atoms with van der Waals surface area (Å²) in [7, 11) is 3.18. The second-order valence-corrected chi connectivity index (χ2v) is 3.87. The molecule has 3 N–H and O–H groups in total. The number of nitrogen functional groups attached to an aromatic ring is 1. The first kappa shape index (κ1) is 12.9. The predicted octanol–water partition coefficient (Wildman–Crippen LogP) is 1.69. The molecule has 2 aromatic rings. The van der Waals surface area contributed by atoms with Gasteiger partial charge < -0.3 is 20.5 Å². The number of hydrogen-bond donors (Lipinski definition) is 2. The lowest BCUT2D eigenvalue weighted by molar-refractivity contribution is 0.396. The van der Waals surface area contributed by atoms with E-state index in [-0.39, 0.29) is 0 Å². The van der Waals surface area contributed by atoms with Gasteiger partial charge in [0.25, 0.3) is 0 Å². The van der Waals surface area contributed by atoms with Gasteiger partial charge in [-0.2, -0.15) is 4.98 Å². The molecule has 0 fully saturated rings. The number of nitrogens with two attached hydrogens (primary N) is 1. The average molecular weight is 260 g/mol. The molecule has 0 spiro atoms. The van der Waals surface area contributed by atoms with Crippen LogP contribution in [-0.4, -0.2) is 24.2 Å². The van der Waals surface area contributed by atoms with Crippen molar-refractivity contribution in [1.82, 2.24) is 9.97 Å². The Morgan fingerprint density at radius 2 is 2.05 bits per heavy atom. The minimum atomic E-state index is 0.463. The van der Waals surface area contributed by atoms with E-state index in [1.807, 2.05) is 12.1 Å². The molecule has 0 aliphatic rings. The summed E-state index contributed by atoms with van der Waals surface area (Å²) in [6, 6.07) is 5.50. The van der Waals surface area contributed by atoms with Gasteiger partial charge in [0.05, 0.1) is 26.6 Å². The van der Waals surface area contributed by atoms with Gasteiger partial charge in [0, 0.05) is 17.8 Å². The number of hydrogen-bond acceptors (Lipinski definition) is 6. The van der Waals surface area contributed by atoms with Gasteiger partial charge in [-0.05, 0) is 18.2 Å². The Morgan fingerprint density at radius 3 is 2.79 bits per heavy atom. The maximum Gasteiger partial charge on any atom is 0.233 e. The minimum absolute atomic E-state index is 0.463. The number of nitrogens with one attached hydrogen (secondary N) is 1. The minimum Gasteiger partial charge on any atom is -0.496 e. The average Bonchev–Trinajstić information content (AvgIpc) is 2.45. The standard InChI is InChI=1S/C13H16N4O2/c1-18-11-4-3-10(14)5-9(11)6-16-12-7-15-8-13(17-12)19-2/h3-5,7-8H,6,14H2,1-2H3,(H,16,17). The number of methoxy groups -OCH3 is 2. The molecule has 0 aliphatic carbocycles. The SMILES string of the molecule is COc1cncc(NCc2cc(N)ccc2OC)n1. The molecular weight excluding hydrogens is 244 g/mol. The molecular formula is C13H16N4O2. The van der Waals surface area contributed by atoms with Crippen LogP contribution in [0.15, 0.2) is 30.6 Å². The molecule has 1 aromatic heterocycles. The highest BCUT2D eigenvalue weighted by atomic mass is 16.5. The quantitative estimate of drug-likeness (QED) is 0.796. The highest BCUT2D eigenvalue weighted by molar-refractivity contribution is 5.49. The van der Waals surface area contributed by atoms with E-state index in [9.17, 15) is 0 Å². The summed E-state index contributed by atoms with van der Waals surface area (Å²) < 4.78 is 10.3. The third kappa shape index (κ3) is 3.25. The van der Waals surface area contributed by atoms with Gasteiger partial charge in [-0.15, -0.1) is 0 Å². The normalized spacial score (nSPS) is 10.0. The second-order valence-electron chi connectivity index (χ2n) is 3.87. The fourth-order valence-electron chi connectivity index (χ4n) is 1.65. The van der Waals surface area contributed by atoms with E-state index in [2.05, 4.69) is 15.3 Å². The van der Waals surface area contributed by atoms with Crippen molar-refractivity contribution in [2.45, 2.75) is 6.54 Å². The Bertz CT molecular complexity index is 560. The lowest BCUT2D eigenvalue weighted by Crippen LogP contribution is -2.05. The van der Waals surface area contributed by atoms with Crippen molar-refractivity contribution < 1.29 is 9.47 Å². The fourth-order valence-corrected chi connectivity index (χ4v) is 1.65. The monoisotopic (exact) mass is 260 g/mol. The molecule has 1 heterocycles. The van der Waals surface area contributed by atoms with Gasteiger partial charge in [0.2, 0.25) is 5.88 Å². The summed E-state index contributed by atoms with van der Waals surface area (Å²) in [6.45, 7) is 0.538. The highest BCUT2D eigenvalue weighted by Crippen LogP contribution is 2.22. The first-order chi connectivity index (χ1) is 9.22. The Labute approximate surface area is 111 Å². The molecule has 0 bridgehead atoms. The molecule has 2 rings (SSSR count). The molecule has 0 radical (unpaired) electrons. The van der Waals surface area contributed by atoms with Crippen LogP contribution in [0.5, 0.6) is 11.6 Å². The number of rotatable bonds is 5. The summed E-state index contributed by atoms with van der Waals surface area (Å²) in [6.07, 6.45) is 3.17. The van der Waals surface area contributed by atoms with E-state index in [0.29, 0.717) is 23.9 Å². The first-order valence-corrected chi connectivity index (χ1v) is 5.75. The van der Waals surface area contributed by atoms with E-state index in [0.717, 1.165) is 11.3 Å². The van der Waals surface area contributed by atoms with Gasteiger partial charge in [0.1, 0.15) is 11.6 Å². The largest absolute Gasteiger partial charge is 0.496 e. The summed E-state index contributed by atoms with van der Waals surface area (Å²) in [5.74, 6) is 1.87. The van der Waals surface area contributed by atoms with Gasteiger partial charge in [-0.1, -0.05) is 0 Å². The topological polar surface area (TPSA) is 82.3 Å². The molecule has 1 aromatic carbocycles. The summed E-state index contributed by atoms with van der Waals surface area (Å²) >= 11 is 0. The number of nitrogens with zero attached hydrogens (tertiary/aromatic N) is 2. The third-order valence-corrected chi connectivity index (χ3v) is 2.59. The highest BCUT2D eigenvalue weighted by Gasteiger charge is 2.04. The summed E-state index contributed by atoms with van der Waals surface area (Å²) in [5, 5.41) is 3.15. The molecule has 6 nitrogen and oxygen atoms in total. The van der Waals surface area contributed by atoms with E-state index in [1.165, 1.54) is 0 Å². The molecule has 0 aliphatic heterocycles. The van der Waals surface area contributed by atoms with Gasteiger partial charge in [-0.3, -0.25) is 4.98 Å². The van der Waals surface area contributed by atoms with Crippen LogP contribution in [0.2, 0.25) is 0 Å². The van der Waals surface area contributed by atoms with E-state index in [4.69, 9.17) is 15.2 Å². The maximum atomic E-state index is 5.77. The van der Waals surface area contributed by atoms with E-state index >= 15 is 0 Å². The van der Waals surface area contributed by atoms with Crippen LogP contribution in [0.1, 0.15) is 5.56 Å². The molecule has 100 valence electrons. The van der Waals surface area contributed by atoms with Crippen molar-refractivity contribution in [3.63, 3.8) is 0 Å². The Balaban J connectivity index is 2.11. The zero-order chi connectivity index (χ0) is 13.7. The van der Waals surface area contributed by atoms with Crippen LogP contribution in [0.3, 0.4) is 0 Å². The Kier molecular flexibility index (Phi) is 4.02. The molecule has 0 atom stereocenters. The van der Waals surface area contributed by atoms with Crippen molar-refractivity contribution in [3.05, 3.63) is 36.2 Å². The fraction of sp³-hybridized carbons (Fsp3) is 0.231. The zero-order valence-electron chi connectivity index (χ0n) is 10.9. The maximum absolute atomic E-state index is 5.77. The van der Waals surface area contributed by atoms with Crippen LogP contribution in [0.25, 0.3) is 0 Å². The van der Waals surface area contributed by atoms with Gasteiger partial charge >= 0.3 is 0 Å². The van der Waals surface area contributed by atoms with Crippen LogP contribution in [0, 0.1) is 0 Å². The molecule has 6 heteroatoms. The predicted molar refractivity (Wildman–Crippen MR) is 73.3 cm³/mol. The molecule has 0 unspecified atom stereocenters. The molecule has 0 amide bonds. The Hall–Kier alpha value is -2.50. The molecule has 19 heavy (non-hydrogen) atoms. The van der Waals surface area contributed by atoms with Crippen molar-refractivity contribution in [2.24, 2.45) is 0 Å². The van der Waals surface area contributed by atoms with Crippen molar-refractivity contribution >= 4 is 11.5 Å². The summed E-state index contributed by atoms with van der Waals surface area (Å²) in [5.41, 5.74) is 7.41. The van der Waals surface area contributed by atoms with Crippen molar-refractivity contribution in [1.29, 1.82) is 0 Å². The first-order valence-electron chi connectivity index (χ1n) is 5.75. The number of benzene rings is 1. The van der Waals surface area contributed by atoms with Crippen molar-refractivity contribution in [2.75, 3.05) is 25.3 Å². The number of anilines is 2. The summed E-state index contributed by atoms with van der Waals surface area (Å²) in [4.78, 5) is 8.24. The number of ether oxygens (including phenoxy) is 2. The van der Waals surface area contributed by atoms with Crippen LogP contribution in [0.4, 0.5) is 11.5 Å².